The number of hydrogen-bond donors (Lipinski definition) is 0. The number of likely N-dealkylation sites (tertiary alicyclic amines) is 2. The molecule has 2 saturated heterocycles. The van der Waals surface area contributed by atoms with Crippen LogP contribution in [0.3, 0.4) is 0 Å². The molecule has 0 bridgehead atoms. The maximum Gasteiger partial charge on any atom is 0.320 e. The lowest BCUT2D eigenvalue weighted by molar-refractivity contribution is 0.0766. The van der Waals surface area contributed by atoms with Gasteiger partial charge in [0.2, 0.25) is 0 Å². The van der Waals surface area contributed by atoms with Crippen molar-refractivity contribution in [2.45, 2.75) is 6.04 Å². The summed E-state index contributed by atoms with van der Waals surface area (Å²) in [5, 5.41) is 9.10. The number of carbonyl (C=O) groups excluding carboxylic acids is 2. The number of nitrogens with zero attached hydrogens (tertiary/aromatic N) is 4. The Labute approximate surface area is 175 Å². The van der Waals surface area contributed by atoms with Crippen molar-refractivity contribution in [2.75, 3.05) is 33.7 Å². The fourth-order valence-corrected chi connectivity index (χ4v) is 4.69. The number of carbonyl (C=O) groups is 2. The van der Waals surface area contributed by atoms with Crippen molar-refractivity contribution < 1.29 is 14.0 Å². The van der Waals surface area contributed by atoms with Crippen LogP contribution in [0.15, 0.2) is 48.5 Å². The molecule has 2 fully saturated rings. The van der Waals surface area contributed by atoms with Gasteiger partial charge in [0.25, 0.3) is 5.91 Å². The molecule has 0 N–H and O–H groups in total. The highest BCUT2D eigenvalue weighted by molar-refractivity contribution is 5.94. The molecule has 3 atom stereocenters. The van der Waals surface area contributed by atoms with Gasteiger partial charge in [0.1, 0.15) is 5.82 Å². The smallest absolute Gasteiger partial charge is 0.320 e. The number of nitriles is 1. The standard InChI is InChI=1S/C23H23FN4O2/c1-26(2)23(30)28-13-18-12-27(22(29)17-7-3-5-15(9-17)11-25)14-20(18)21(28)16-6-4-8-19(24)10-16/h3-10,18,20-21H,12-14H2,1-2H3/t18-,20-,21-/m1/s1. The van der Waals surface area contributed by atoms with Crippen LogP contribution in [0.25, 0.3) is 0 Å². The van der Waals surface area contributed by atoms with E-state index in [2.05, 4.69) is 6.07 Å². The summed E-state index contributed by atoms with van der Waals surface area (Å²) >= 11 is 0. The van der Waals surface area contributed by atoms with Gasteiger partial charge in [-0.3, -0.25) is 4.79 Å². The minimum Gasteiger partial charge on any atom is -0.338 e. The predicted octanol–water partition coefficient (Wildman–Crippen LogP) is 3.12. The van der Waals surface area contributed by atoms with Gasteiger partial charge < -0.3 is 14.7 Å². The summed E-state index contributed by atoms with van der Waals surface area (Å²) in [7, 11) is 3.41. The molecule has 0 aliphatic carbocycles. The Morgan fingerprint density at radius 1 is 1.10 bits per heavy atom. The van der Waals surface area contributed by atoms with E-state index in [0.29, 0.717) is 30.8 Å². The van der Waals surface area contributed by atoms with Crippen molar-refractivity contribution >= 4 is 11.9 Å². The van der Waals surface area contributed by atoms with E-state index in [1.165, 1.54) is 17.0 Å². The fraction of sp³-hybridized carbons (Fsp3) is 0.348. The van der Waals surface area contributed by atoms with E-state index in [0.717, 1.165) is 5.56 Å². The molecule has 2 aromatic rings. The van der Waals surface area contributed by atoms with Gasteiger partial charge in [0.05, 0.1) is 17.7 Å². The summed E-state index contributed by atoms with van der Waals surface area (Å²) < 4.78 is 13.9. The second-order valence-electron chi connectivity index (χ2n) is 8.16. The third kappa shape index (κ3) is 3.50. The van der Waals surface area contributed by atoms with Crippen molar-refractivity contribution in [3.8, 4) is 6.07 Å². The Hall–Kier alpha value is -3.40. The molecule has 2 aliphatic heterocycles. The lowest BCUT2D eigenvalue weighted by Gasteiger charge is -2.32. The zero-order valence-electron chi connectivity index (χ0n) is 17.0. The maximum atomic E-state index is 13.9. The van der Waals surface area contributed by atoms with Gasteiger partial charge in [0, 0.05) is 51.1 Å². The summed E-state index contributed by atoms with van der Waals surface area (Å²) in [4.78, 5) is 30.9. The number of fused-ring (bicyclic) bond motifs is 1. The molecule has 4 rings (SSSR count). The van der Waals surface area contributed by atoms with E-state index in [-0.39, 0.29) is 35.6 Å². The summed E-state index contributed by atoms with van der Waals surface area (Å²) in [5.74, 6) is -0.318. The Kier molecular flexibility index (Phi) is 5.17. The molecule has 0 aromatic heterocycles. The summed E-state index contributed by atoms with van der Waals surface area (Å²) in [6.45, 7) is 1.53. The lowest BCUT2D eigenvalue weighted by Crippen LogP contribution is -2.42. The van der Waals surface area contributed by atoms with Crippen LogP contribution < -0.4 is 0 Å². The van der Waals surface area contributed by atoms with Crippen molar-refractivity contribution in [2.24, 2.45) is 11.8 Å². The molecule has 2 heterocycles. The number of benzene rings is 2. The second kappa shape index (κ2) is 7.79. The van der Waals surface area contributed by atoms with Gasteiger partial charge in [-0.15, -0.1) is 0 Å². The SMILES string of the molecule is CN(C)C(=O)N1C[C@H]2CN(C(=O)c3cccc(C#N)c3)C[C@H]2[C@H]1c1cccc(F)c1. The molecule has 154 valence electrons. The van der Waals surface area contributed by atoms with Gasteiger partial charge in [-0.25, -0.2) is 9.18 Å². The number of halogens is 1. The molecule has 2 aromatic carbocycles. The predicted molar refractivity (Wildman–Crippen MR) is 109 cm³/mol. The third-order valence-electron chi connectivity index (χ3n) is 6.01. The second-order valence-corrected chi connectivity index (χ2v) is 8.16. The molecule has 0 saturated carbocycles. The highest BCUT2D eigenvalue weighted by atomic mass is 19.1. The first-order valence-corrected chi connectivity index (χ1v) is 9.92. The van der Waals surface area contributed by atoms with Crippen molar-refractivity contribution in [1.82, 2.24) is 14.7 Å². The number of urea groups is 1. The van der Waals surface area contributed by atoms with E-state index in [1.54, 1.807) is 54.2 Å². The molecule has 0 spiro atoms. The number of hydrogen-bond acceptors (Lipinski definition) is 3. The summed E-state index contributed by atoms with van der Waals surface area (Å²) in [5.41, 5.74) is 1.68. The Bertz CT molecular complexity index is 1030. The topological polar surface area (TPSA) is 67.7 Å². The highest BCUT2D eigenvalue weighted by Crippen LogP contribution is 2.45. The molecular formula is C23H23FN4O2. The zero-order valence-corrected chi connectivity index (χ0v) is 17.0. The van der Waals surface area contributed by atoms with Gasteiger partial charge in [-0.1, -0.05) is 18.2 Å². The Balaban J connectivity index is 1.61. The van der Waals surface area contributed by atoms with E-state index < -0.39 is 0 Å². The molecule has 7 heteroatoms. The Morgan fingerprint density at radius 2 is 1.87 bits per heavy atom. The van der Waals surface area contributed by atoms with Crippen molar-refractivity contribution in [3.63, 3.8) is 0 Å². The zero-order chi connectivity index (χ0) is 21.4. The summed E-state index contributed by atoms with van der Waals surface area (Å²) in [6.07, 6.45) is 0. The molecule has 2 aliphatic rings. The number of amides is 3. The molecule has 3 amide bonds. The molecule has 6 nitrogen and oxygen atoms in total. The highest BCUT2D eigenvalue weighted by Gasteiger charge is 2.50. The monoisotopic (exact) mass is 406 g/mol. The van der Waals surface area contributed by atoms with Crippen molar-refractivity contribution in [1.29, 1.82) is 5.26 Å². The average molecular weight is 406 g/mol. The van der Waals surface area contributed by atoms with Gasteiger partial charge in [0.15, 0.2) is 0 Å². The van der Waals surface area contributed by atoms with Crippen LogP contribution >= 0.6 is 0 Å². The first-order valence-electron chi connectivity index (χ1n) is 9.92. The quantitative estimate of drug-likeness (QED) is 0.770. The van der Waals surface area contributed by atoms with E-state index >= 15 is 0 Å². The van der Waals surface area contributed by atoms with Crippen LogP contribution in [-0.2, 0) is 0 Å². The summed E-state index contributed by atoms with van der Waals surface area (Å²) in [6, 6.07) is 14.7. The maximum absolute atomic E-state index is 13.9. The van der Waals surface area contributed by atoms with Crippen LogP contribution in [0.1, 0.15) is 27.5 Å². The largest absolute Gasteiger partial charge is 0.338 e. The van der Waals surface area contributed by atoms with Gasteiger partial charge >= 0.3 is 6.03 Å². The first kappa shape index (κ1) is 19.9. The van der Waals surface area contributed by atoms with Crippen LogP contribution in [0.2, 0.25) is 0 Å². The third-order valence-corrected chi connectivity index (χ3v) is 6.01. The molecule has 30 heavy (non-hydrogen) atoms. The number of rotatable bonds is 2. The molecule has 0 unspecified atom stereocenters. The van der Waals surface area contributed by atoms with E-state index in [1.807, 2.05) is 6.07 Å². The average Bonchev–Trinajstić information content (AvgIpc) is 3.30. The van der Waals surface area contributed by atoms with E-state index in [4.69, 9.17) is 5.26 Å². The van der Waals surface area contributed by atoms with E-state index in [9.17, 15) is 14.0 Å². The first-order chi connectivity index (χ1) is 14.4. The van der Waals surface area contributed by atoms with Crippen LogP contribution in [0.4, 0.5) is 9.18 Å². The normalized spacial score (nSPS) is 22.5. The minimum atomic E-state index is -0.340. The van der Waals surface area contributed by atoms with Gasteiger partial charge in [-0.05, 0) is 35.9 Å². The van der Waals surface area contributed by atoms with Crippen molar-refractivity contribution in [3.05, 3.63) is 71.0 Å². The van der Waals surface area contributed by atoms with Gasteiger partial charge in [-0.2, -0.15) is 5.26 Å². The van der Waals surface area contributed by atoms with Crippen LogP contribution in [-0.4, -0.2) is 60.4 Å². The minimum absolute atomic E-state index is 0.0267. The lowest BCUT2D eigenvalue weighted by atomic mass is 9.89. The molecule has 0 radical (unpaired) electrons. The van der Waals surface area contributed by atoms with Crippen LogP contribution in [0, 0.1) is 29.0 Å². The Morgan fingerprint density at radius 3 is 2.57 bits per heavy atom. The molecular weight excluding hydrogens is 383 g/mol. The fourth-order valence-electron chi connectivity index (χ4n) is 4.69. The van der Waals surface area contributed by atoms with Crippen LogP contribution in [0.5, 0.6) is 0 Å².